The maximum absolute atomic E-state index is 12.4. The van der Waals surface area contributed by atoms with Crippen molar-refractivity contribution in [3.05, 3.63) is 22.7 Å². The van der Waals surface area contributed by atoms with Gasteiger partial charge in [-0.3, -0.25) is 4.79 Å². The summed E-state index contributed by atoms with van der Waals surface area (Å²) in [7, 11) is 3.06. The van der Waals surface area contributed by atoms with Gasteiger partial charge in [0.1, 0.15) is 0 Å². The van der Waals surface area contributed by atoms with Gasteiger partial charge in [-0.2, -0.15) is 0 Å². The van der Waals surface area contributed by atoms with Gasteiger partial charge in [0, 0.05) is 11.6 Å². The van der Waals surface area contributed by atoms with E-state index in [1.165, 1.54) is 39.9 Å². The highest BCUT2D eigenvalue weighted by atomic mass is 35.5. The number of hydrogen-bond donors (Lipinski definition) is 1. The first-order valence-corrected chi connectivity index (χ1v) is 7.76. The second-order valence-corrected chi connectivity index (χ2v) is 6.21. The van der Waals surface area contributed by atoms with Gasteiger partial charge in [0.25, 0.3) is 5.91 Å². The molecule has 3 atom stereocenters. The molecule has 2 aliphatic carbocycles. The number of nitrogens with one attached hydrogen (secondary N) is 1. The van der Waals surface area contributed by atoms with Gasteiger partial charge in [-0.25, -0.2) is 0 Å². The Kier molecular flexibility index (Phi) is 3.98. The lowest BCUT2D eigenvalue weighted by Gasteiger charge is -2.12. The summed E-state index contributed by atoms with van der Waals surface area (Å²) in [6, 6.07) is 3.64. The minimum absolute atomic E-state index is 0.0859. The molecule has 3 rings (SSSR count). The first kappa shape index (κ1) is 14.5. The third-order valence-corrected chi connectivity index (χ3v) is 4.93. The lowest BCUT2D eigenvalue weighted by atomic mass is 10.0. The van der Waals surface area contributed by atoms with E-state index in [1.54, 1.807) is 12.1 Å². The molecule has 2 saturated carbocycles. The lowest BCUT2D eigenvalue weighted by molar-refractivity contribution is 0.0947. The second kappa shape index (κ2) is 5.76. The lowest BCUT2D eigenvalue weighted by Crippen LogP contribution is -2.27. The van der Waals surface area contributed by atoms with Crippen LogP contribution in [0.1, 0.15) is 36.0 Å². The Morgan fingerprint density at radius 3 is 2.43 bits per heavy atom. The Labute approximate surface area is 129 Å². The average molecular weight is 310 g/mol. The van der Waals surface area contributed by atoms with Crippen LogP contribution in [-0.4, -0.2) is 26.2 Å². The number of carbonyl (C=O) groups is 1. The molecule has 1 amide bonds. The summed E-state index contributed by atoms with van der Waals surface area (Å²) in [5.74, 6) is 2.20. The highest BCUT2D eigenvalue weighted by Crippen LogP contribution is 2.49. The summed E-state index contributed by atoms with van der Waals surface area (Å²) in [4.78, 5) is 12.4. The van der Waals surface area contributed by atoms with Crippen LogP contribution in [0, 0.1) is 11.8 Å². The van der Waals surface area contributed by atoms with E-state index in [0.29, 0.717) is 40.0 Å². The minimum atomic E-state index is -0.0859. The Balaban J connectivity index is 1.74. The molecule has 0 spiro atoms. The highest BCUT2D eigenvalue weighted by molar-refractivity contribution is 6.32. The zero-order valence-electron chi connectivity index (χ0n) is 12.3. The number of hydrogen-bond acceptors (Lipinski definition) is 3. The van der Waals surface area contributed by atoms with Gasteiger partial charge in [-0.15, -0.1) is 0 Å². The van der Waals surface area contributed by atoms with Gasteiger partial charge < -0.3 is 14.8 Å². The van der Waals surface area contributed by atoms with E-state index in [0.717, 1.165) is 0 Å². The normalized spacial score (nSPS) is 26.7. The van der Waals surface area contributed by atoms with Crippen LogP contribution in [0.2, 0.25) is 5.02 Å². The molecule has 1 unspecified atom stereocenters. The predicted molar refractivity (Wildman–Crippen MR) is 81.3 cm³/mol. The van der Waals surface area contributed by atoms with Crippen LogP contribution in [0.5, 0.6) is 11.5 Å². The molecule has 1 aromatic carbocycles. The summed E-state index contributed by atoms with van der Waals surface area (Å²) in [6.45, 7) is 0. The minimum Gasteiger partial charge on any atom is -0.493 e. The number of halogens is 1. The fourth-order valence-corrected chi connectivity index (χ4v) is 3.78. The summed E-state index contributed by atoms with van der Waals surface area (Å²) in [5, 5.41) is 3.52. The number of fused-ring (bicyclic) bond motifs is 1. The number of benzene rings is 1. The molecule has 0 aliphatic heterocycles. The molecular weight excluding hydrogens is 290 g/mol. The van der Waals surface area contributed by atoms with Crippen molar-refractivity contribution < 1.29 is 14.3 Å². The molecule has 0 bridgehead atoms. The standard InChI is InChI=1S/C16H20ClNO3/c1-20-13-8-9(7-12(17)15(13)21-2)16(19)18-14-10-5-3-4-6-11(10)14/h7-8,10-11,14H,3-6H2,1-2H3,(H,18,19)/t10-,11+,14?. The van der Waals surface area contributed by atoms with E-state index in [-0.39, 0.29) is 5.91 Å². The monoisotopic (exact) mass is 309 g/mol. The van der Waals surface area contributed by atoms with E-state index in [9.17, 15) is 4.79 Å². The van der Waals surface area contributed by atoms with Crippen LogP contribution < -0.4 is 14.8 Å². The van der Waals surface area contributed by atoms with Gasteiger partial charge in [0.05, 0.1) is 19.2 Å². The molecule has 5 heteroatoms. The molecule has 2 fully saturated rings. The van der Waals surface area contributed by atoms with E-state index in [2.05, 4.69) is 5.32 Å². The van der Waals surface area contributed by atoms with Crippen molar-refractivity contribution in [2.24, 2.45) is 11.8 Å². The molecule has 2 aliphatic rings. The second-order valence-electron chi connectivity index (χ2n) is 5.80. The fourth-order valence-electron chi connectivity index (χ4n) is 3.49. The Morgan fingerprint density at radius 2 is 1.86 bits per heavy atom. The zero-order valence-corrected chi connectivity index (χ0v) is 13.1. The van der Waals surface area contributed by atoms with Gasteiger partial charge >= 0.3 is 0 Å². The van der Waals surface area contributed by atoms with Crippen molar-refractivity contribution in [2.45, 2.75) is 31.7 Å². The van der Waals surface area contributed by atoms with E-state index < -0.39 is 0 Å². The maximum Gasteiger partial charge on any atom is 0.251 e. The van der Waals surface area contributed by atoms with Crippen molar-refractivity contribution in [1.82, 2.24) is 5.32 Å². The number of carbonyl (C=O) groups excluding carboxylic acids is 1. The predicted octanol–water partition coefficient (Wildman–Crippen LogP) is 3.28. The number of rotatable bonds is 4. The summed E-state index contributed by atoms with van der Waals surface area (Å²) in [6.07, 6.45) is 5.05. The van der Waals surface area contributed by atoms with Crippen molar-refractivity contribution in [3.8, 4) is 11.5 Å². The molecular formula is C16H20ClNO3. The number of amides is 1. The van der Waals surface area contributed by atoms with Crippen LogP contribution in [0.4, 0.5) is 0 Å². The third-order valence-electron chi connectivity index (χ3n) is 4.65. The van der Waals surface area contributed by atoms with Crippen molar-refractivity contribution >= 4 is 17.5 Å². The maximum atomic E-state index is 12.4. The third kappa shape index (κ3) is 2.69. The van der Waals surface area contributed by atoms with E-state index >= 15 is 0 Å². The summed E-state index contributed by atoms with van der Waals surface area (Å²) < 4.78 is 10.4. The molecule has 114 valence electrons. The van der Waals surface area contributed by atoms with Crippen molar-refractivity contribution in [3.63, 3.8) is 0 Å². The molecule has 0 radical (unpaired) electrons. The summed E-state index contributed by atoms with van der Waals surface area (Å²) >= 11 is 6.15. The molecule has 0 aromatic heterocycles. The Morgan fingerprint density at radius 1 is 1.19 bits per heavy atom. The molecule has 0 saturated heterocycles. The van der Waals surface area contributed by atoms with Crippen LogP contribution in [0.15, 0.2) is 12.1 Å². The van der Waals surface area contributed by atoms with Gasteiger partial charge in [-0.05, 0) is 36.8 Å². The van der Waals surface area contributed by atoms with Crippen LogP contribution in [-0.2, 0) is 0 Å². The van der Waals surface area contributed by atoms with E-state index in [4.69, 9.17) is 21.1 Å². The molecule has 21 heavy (non-hydrogen) atoms. The SMILES string of the molecule is COc1cc(C(=O)NC2[C@H]3CCCC[C@@H]23)cc(Cl)c1OC. The Bertz CT molecular complexity index is 549. The average Bonchev–Trinajstić information content (AvgIpc) is 3.19. The first-order valence-electron chi connectivity index (χ1n) is 7.38. The molecule has 1 N–H and O–H groups in total. The van der Waals surface area contributed by atoms with Gasteiger partial charge in [-0.1, -0.05) is 24.4 Å². The van der Waals surface area contributed by atoms with Crippen LogP contribution >= 0.6 is 11.6 Å². The number of ether oxygens (including phenoxy) is 2. The Hall–Kier alpha value is -1.42. The largest absolute Gasteiger partial charge is 0.493 e. The zero-order chi connectivity index (χ0) is 15.0. The van der Waals surface area contributed by atoms with E-state index in [1.807, 2.05) is 0 Å². The smallest absolute Gasteiger partial charge is 0.251 e. The summed E-state index contributed by atoms with van der Waals surface area (Å²) in [5.41, 5.74) is 0.515. The highest BCUT2D eigenvalue weighted by Gasteiger charge is 2.51. The van der Waals surface area contributed by atoms with Crippen molar-refractivity contribution in [1.29, 1.82) is 0 Å². The van der Waals surface area contributed by atoms with Gasteiger partial charge in [0.2, 0.25) is 0 Å². The van der Waals surface area contributed by atoms with Crippen molar-refractivity contribution in [2.75, 3.05) is 14.2 Å². The van der Waals surface area contributed by atoms with Crippen LogP contribution in [0.3, 0.4) is 0 Å². The quantitative estimate of drug-likeness (QED) is 0.928. The number of methoxy groups -OCH3 is 2. The molecule has 1 aromatic rings. The molecule has 4 nitrogen and oxygen atoms in total. The molecule has 0 heterocycles. The first-order chi connectivity index (χ1) is 10.2. The van der Waals surface area contributed by atoms with Gasteiger partial charge in [0.15, 0.2) is 11.5 Å². The fraction of sp³-hybridized carbons (Fsp3) is 0.562. The topological polar surface area (TPSA) is 47.6 Å². The van der Waals surface area contributed by atoms with Crippen LogP contribution in [0.25, 0.3) is 0 Å².